The molecule has 3 atom stereocenters. The van der Waals surface area contributed by atoms with E-state index >= 15 is 0 Å². The van der Waals surface area contributed by atoms with Crippen LogP contribution in [0.15, 0.2) is 24.3 Å². The Balaban J connectivity index is -0.000000246. The molecule has 22 nitrogen and oxygen atoms in total. The van der Waals surface area contributed by atoms with Gasteiger partial charge in [0.1, 0.15) is 0 Å². The summed E-state index contributed by atoms with van der Waals surface area (Å²) in [5, 5.41) is 89.2. The summed E-state index contributed by atoms with van der Waals surface area (Å²) in [4.78, 5) is 99.3. The predicted octanol–water partition coefficient (Wildman–Crippen LogP) is -2.81. The second-order valence-corrected chi connectivity index (χ2v) is 6.46. The number of carboxylic acids is 10. The second kappa shape index (κ2) is 24.2. The van der Waals surface area contributed by atoms with Crippen LogP contribution in [0.25, 0.3) is 0 Å². The third kappa shape index (κ3) is 36.3. The minimum Gasteiger partial charge on any atom is -0.481 e. The number of carbonyl (C=O) groups is 10. The molecule has 0 fully saturated rings. The first kappa shape index (κ1) is 43.2. The van der Waals surface area contributed by atoms with Crippen molar-refractivity contribution in [1.82, 2.24) is 0 Å². The van der Waals surface area contributed by atoms with Crippen molar-refractivity contribution in [3.63, 3.8) is 0 Å². The average molecular weight is 616 g/mol. The maximum atomic E-state index is 10.6. The maximum Gasteiger partial charge on any atom is 0.333 e. The van der Waals surface area contributed by atoms with Gasteiger partial charge in [0, 0.05) is 24.3 Å². The highest BCUT2D eigenvalue weighted by Gasteiger charge is 2.30. The number of rotatable bonds is 15. The van der Waals surface area contributed by atoms with Gasteiger partial charge in [-0.05, 0) is 0 Å². The lowest BCUT2D eigenvalue weighted by Crippen LogP contribution is -2.36. The van der Waals surface area contributed by atoms with E-state index in [1.165, 1.54) is 0 Å². The molecule has 0 radical (unpaired) electrons. The second-order valence-electron chi connectivity index (χ2n) is 6.46. The minimum atomic E-state index is -1.91. The molecular weight excluding hydrogens is 592 g/mol. The summed E-state index contributed by atoms with van der Waals surface area (Å²) in [6.07, 6.45) is -6.05. The summed E-state index contributed by atoms with van der Waals surface area (Å²) >= 11 is 0. The number of aliphatic carboxylic acids is 10. The van der Waals surface area contributed by atoms with E-state index in [9.17, 15) is 47.9 Å². The van der Waals surface area contributed by atoms with Gasteiger partial charge in [-0.3, -0.25) is 14.4 Å². The Morgan fingerprint density at radius 2 is 0.667 bits per heavy atom. The van der Waals surface area contributed by atoms with Crippen molar-refractivity contribution < 1.29 is 109 Å². The lowest BCUT2D eigenvalue weighted by Gasteiger charge is -2.16. The minimum absolute atomic E-state index is 0.558. The molecule has 236 valence electrons. The molecule has 0 aromatic heterocycles. The molecule has 0 bridgehead atoms. The molecule has 42 heavy (non-hydrogen) atoms. The molecule has 0 aromatic carbocycles. The zero-order chi connectivity index (χ0) is 34.2. The van der Waals surface area contributed by atoms with Gasteiger partial charge in [0.15, 0.2) is 18.3 Å². The number of hydrogen-bond donors (Lipinski definition) is 11. The van der Waals surface area contributed by atoms with Crippen molar-refractivity contribution in [3.05, 3.63) is 24.3 Å². The quantitative estimate of drug-likeness (QED) is 0.0826. The first-order chi connectivity index (χ1) is 19.0. The maximum absolute atomic E-state index is 10.6. The zero-order valence-corrected chi connectivity index (χ0v) is 20.6. The van der Waals surface area contributed by atoms with Gasteiger partial charge in [0.2, 0.25) is 0 Å². The highest BCUT2D eigenvalue weighted by molar-refractivity contribution is 5.90. The van der Waals surface area contributed by atoms with Crippen LogP contribution in [-0.2, 0) is 52.7 Å². The van der Waals surface area contributed by atoms with E-state index in [-0.39, 0.29) is 0 Å². The molecule has 0 saturated heterocycles. The summed E-state index contributed by atoms with van der Waals surface area (Å²) in [6.45, 7) is 0. The standard InChI is InChI=1S/C8H10O9.C4H6O5.2C4H4O4/c9-5(10)1-3(7(13)14)17-4(8(15)16)2-6(11)12;5-2(4(8)9)1-3(6)7;2*5-3(6)1-2-4(7)8/h3-4H,1-2H2,(H,9,10)(H,11,12)(H,13,14)(H,15,16);2,5H,1H2,(H,6,7)(H,8,9);2*1-2H,(H,5,6)(H,7,8)/b;;2-1+;2-1-. The van der Waals surface area contributed by atoms with Crippen molar-refractivity contribution in [2.75, 3.05) is 0 Å². The van der Waals surface area contributed by atoms with Crippen LogP contribution in [0.1, 0.15) is 19.3 Å². The molecule has 11 N–H and O–H groups in total. The Morgan fingerprint density at radius 1 is 0.429 bits per heavy atom. The molecule has 0 rings (SSSR count). The normalized spacial score (nSPS) is 11.8. The van der Waals surface area contributed by atoms with Crippen LogP contribution in [0, 0.1) is 0 Å². The lowest BCUT2D eigenvalue weighted by molar-refractivity contribution is -0.172. The van der Waals surface area contributed by atoms with E-state index in [2.05, 4.69) is 4.74 Å². The molecule has 0 aliphatic heterocycles. The van der Waals surface area contributed by atoms with Crippen molar-refractivity contribution in [1.29, 1.82) is 0 Å². The van der Waals surface area contributed by atoms with Crippen molar-refractivity contribution in [2.45, 2.75) is 37.6 Å². The summed E-state index contributed by atoms with van der Waals surface area (Å²) in [5.41, 5.74) is 0. The largest absolute Gasteiger partial charge is 0.481 e. The molecule has 0 saturated carbocycles. The van der Waals surface area contributed by atoms with Crippen LogP contribution in [0.2, 0.25) is 0 Å². The Labute approximate surface area is 231 Å². The number of aliphatic hydroxyl groups excluding tert-OH is 1. The molecule has 0 aliphatic carbocycles. The topological polar surface area (TPSA) is 402 Å². The van der Waals surface area contributed by atoms with Crippen LogP contribution in [0.3, 0.4) is 0 Å². The van der Waals surface area contributed by atoms with Crippen LogP contribution in [0.4, 0.5) is 0 Å². The Bertz CT molecular complexity index is 954. The van der Waals surface area contributed by atoms with Gasteiger partial charge in [0.25, 0.3) is 0 Å². The lowest BCUT2D eigenvalue weighted by atomic mass is 10.2. The van der Waals surface area contributed by atoms with Crippen LogP contribution >= 0.6 is 0 Å². The highest BCUT2D eigenvalue weighted by Crippen LogP contribution is 2.08. The molecule has 3 unspecified atom stereocenters. The van der Waals surface area contributed by atoms with Crippen molar-refractivity contribution in [2.24, 2.45) is 0 Å². The van der Waals surface area contributed by atoms with Crippen LogP contribution in [-0.4, -0.2) is 134 Å². The van der Waals surface area contributed by atoms with Crippen LogP contribution in [0.5, 0.6) is 0 Å². The molecular formula is C20H24O22. The molecule has 0 aliphatic rings. The van der Waals surface area contributed by atoms with E-state index in [1.807, 2.05) is 0 Å². The summed E-state index contributed by atoms with van der Waals surface area (Å²) in [7, 11) is 0. The first-order valence-electron chi connectivity index (χ1n) is 9.98. The van der Waals surface area contributed by atoms with Gasteiger partial charge in [-0.25, -0.2) is 33.6 Å². The smallest absolute Gasteiger partial charge is 0.333 e. The fraction of sp³-hybridized carbons (Fsp3) is 0.300. The summed E-state index contributed by atoms with van der Waals surface area (Å²) in [6, 6.07) is 0. The molecule has 0 aromatic rings. The monoisotopic (exact) mass is 616 g/mol. The molecule has 0 heterocycles. The fourth-order valence-corrected chi connectivity index (χ4v) is 1.44. The SMILES string of the molecule is O=C(O)/C=C/C(=O)O.O=C(O)/C=C\C(=O)O.O=C(O)CC(O)C(=O)O.O=C(O)CC(OC(CC(=O)O)C(=O)O)C(=O)O. The predicted molar refractivity (Wildman–Crippen MR) is 123 cm³/mol. The Morgan fingerprint density at radius 3 is 0.786 bits per heavy atom. The number of aliphatic hydroxyl groups is 1. The third-order valence-corrected chi connectivity index (χ3v) is 2.99. The molecule has 0 amide bonds. The fourth-order valence-electron chi connectivity index (χ4n) is 1.44. The third-order valence-electron chi connectivity index (χ3n) is 2.99. The number of carboxylic acid groups (broad SMARTS) is 10. The van der Waals surface area contributed by atoms with E-state index in [4.69, 9.17) is 56.2 Å². The van der Waals surface area contributed by atoms with Gasteiger partial charge < -0.3 is 60.9 Å². The molecule has 0 spiro atoms. The first-order valence-corrected chi connectivity index (χ1v) is 9.98. The number of ether oxygens (including phenoxy) is 1. The van der Waals surface area contributed by atoms with Gasteiger partial charge in [-0.15, -0.1) is 0 Å². The van der Waals surface area contributed by atoms with Gasteiger partial charge in [-0.2, -0.15) is 0 Å². The van der Waals surface area contributed by atoms with Crippen molar-refractivity contribution in [3.8, 4) is 0 Å². The van der Waals surface area contributed by atoms with Crippen molar-refractivity contribution >= 4 is 59.7 Å². The van der Waals surface area contributed by atoms with E-state index in [1.54, 1.807) is 0 Å². The average Bonchev–Trinajstić information content (AvgIpc) is 2.80. The molecule has 22 heteroatoms. The zero-order valence-electron chi connectivity index (χ0n) is 20.6. The van der Waals surface area contributed by atoms with E-state index in [0.717, 1.165) is 0 Å². The number of hydrogen-bond acceptors (Lipinski definition) is 12. The highest BCUT2D eigenvalue weighted by atomic mass is 16.5. The van der Waals surface area contributed by atoms with E-state index in [0.29, 0.717) is 24.3 Å². The van der Waals surface area contributed by atoms with Crippen LogP contribution < -0.4 is 0 Å². The summed E-state index contributed by atoms with van der Waals surface area (Å²) < 4.78 is 4.43. The van der Waals surface area contributed by atoms with Gasteiger partial charge in [-0.1, -0.05) is 0 Å². The van der Waals surface area contributed by atoms with Gasteiger partial charge >= 0.3 is 59.7 Å². The Kier molecular flexibility index (Phi) is 24.8. The summed E-state index contributed by atoms with van der Waals surface area (Å²) in [5.74, 6) is -14.2. The van der Waals surface area contributed by atoms with Gasteiger partial charge in [0.05, 0.1) is 19.3 Å². The van der Waals surface area contributed by atoms with E-state index < -0.39 is 97.3 Å². The Hall–Kier alpha value is -5.90.